The Labute approximate surface area is 133 Å². The zero-order valence-electron chi connectivity index (χ0n) is 13.1. The summed E-state index contributed by atoms with van der Waals surface area (Å²) >= 11 is 0. The van der Waals surface area contributed by atoms with Gasteiger partial charge in [0.25, 0.3) is 5.91 Å². The monoisotopic (exact) mass is 317 g/mol. The molecule has 0 spiro atoms. The highest BCUT2D eigenvalue weighted by Crippen LogP contribution is 2.22. The Morgan fingerprint density at radius 1 is 1.30 bits per heavy atom. The lowest BCUT2D eigenvalue weighted by molar-refractivity contribution is 0.0696. The smallest absolute Gasteiger partial charge is 0.335 e. The van der Waals surface area contributed by atoms with Crippen molar-refractivity contribution in [2.45, 2.75) is 39.2 Å². The molecule has 2 heterocycles. The molecule has 7 heteroatoms. The molecule has 2 rings (SSSR count). The van der Waals surface area contributed by atoms with Gasteiger partial charge in [-0.25, -0.2) is 4.79 Å². The first kappa shape index (κ1) is 16.7. The predicted octanol–water partition coefficient (Wildman–Crippen LogP) is 2.60. The molecule has 0 fully saturated rings. The molecule has 7 nitrogen and oxygen atoms in total. The number of carboxylic acids is 1. The van der Waals surface area contributed by atoms with Crippen LogP contribution in [0.1, 0.15) is 64.9 Å². The molecule has 2 aromatic rings. The fourth-order valence-corrected chi connectivity index (χ4v) is 2.26. The molecule has 0 aliphatic carbocycles. The summed E-state index contributed by atoms with van der Waals surface area (Å²) in [6, 6.07) is 4.39. The Balaban J connectivity index is 1.99. The maximum Gasteiger partial charge on any atom is 0.335 e. The van der Waals surface area contributed by atoms with Gasteiger partial charge in [-0.2, -0.15) is 0 Å². The Hall–Kier alpha value is -2.70. The maximum atomic E-state index is 12.0. The number of carboxylic acid groups (broad SMARTS) is 1. The summed E-state index contributed by atoms with van der Waals surface area (Å²) in [7, 11) is 0. The summed E-state index contributed by atoms with van der Waals surface area (Å²) in [6.45, 7) is 4.35. The van der Waals surface area contributed by atoms with Gasteiger partial charge in [0, 0.05) is 18.2 Å². The van der Waals surface area contributed by atoms with Gasteiger partial charge in [0.2, 0.25) is 0 Å². The Bertz CT molecular complexity index is 692. The van der Waals surface area contributed by atoms with Crippen LogP contribution >= 0.6 is 0 Å². The number of aromatic carboxylic acids is 1. The molecule has 1 amide bonds. The zero-order valence-corrected chi connectivity index (χ0v) is 13.1. The van der Waals surface area contributed by atoms with E-state index in [1.54, 1.807) is 0 Å². The van der Waals surface area contributed by atoms with E-state index in [0.717, 1.165) is 18.5 Å². The lowest BCUT2D eigenvalue weighted by atomic mass is 9.99. The number of aromatic nitrogens is 2. The number of hydrogen-bond donors (Lipinski definition) is 2. The van der Waals surface area contributed by atoms with E-state index < -0.39 is 11.9 Å². The molecule has 0 bridgehead atoms. The van der Waals surface area contributed by atoms with Crippen LogP contribution in [-0.4, -0.2) is 27.1 Å². The van der Waals surface area contributed by atoms with Gasteiger partial charge in [0.05, 0.1) is 17.8 Å². The number of hydrogen-bond acceptors (Lipinski definition) is 5. The van der Waals surface area contributed by atoms with Crippen molar-refractivity contribution >= 4 is 11.9 Å². The van der Waals surface area contributed by atoms with Crippen molar-refractivity contribution in [1.82, 2.24) is 15.5 Å². The van der Waals surface area contributed by atoms with Crippen molar-refractivity contribution in [2.24, 2.45) is 0 Å². The molecule has 0 saturated carbocycles. The average molecular weight is 317 g/mol. The van der Waals surface area contributed by atoms with Gasteiger partial charge in [0.15, 0.2) is 5.76 Å². The fraction of sp³-hybridized carbons (Fsp3) is 0.375. The Kier molecular flexibility index (Phi) is 5.46. The third-order valence-corrected chi connectivity index (χ3v) is 3.64. The summed E-state index contributed by atoms with van der Waals surface area (Å²) in [5, 5.41) is 15.6. The Morgan fingerprint density at radius 3 is 2.70 bits per heavy atom. The van der Waals surface area contributed by atoms with Crippen LogP contribution in [0.5, 0.6) is 0 Å². The summed E-state index contributed by atoms with van der Waals surface area (Å²) in [5.74, 6) is -0.674. The first-order chi connectivity index (χ1) is 11.0. The van der Waals surface area contributed by atoms with Crippen molar-refractivity contribution in [3.8, 4) is 0 Å². The van der Waals surface area contributed by atoms with Gasteiger partial charge in [-0.3, -0.25) is 9.78 Å². The highest BCUT2D eigenvalue weighted by Gasteiger charge is 2.15. The quantitative estimate of drug-likeness (QED) is 0.813. The van der Waals surface area contributed by atoms with Crippen LogP contribution in [0.2, 0.25) is 0 Å². The largest absolute Gasteiger partial charge is 0.478 e. The number of amides is 1. The van der Waals surface area contributed by atoms with Crippen LogP contribution in [0.3, 0.4) is 0 Å². The number of carbonyl (C=O) groups excluding carboxylic acids is 1. The number of rotatable bonds is 7. The maximum absolute atomic E-state index is 12.0. The lowest BCUT2D eigenvalue weighted by Crippen LogP contribution is -2.23. The van der Waals surface area contributed by atoms with Crippen molar-refractivity contribution in [2.75, 3.05) is 0 Å². The summed E-state index contributed by atoms with van der Waals surface area (Å²) in [4.78, 5) is 26.8. The molecule has 0 atom stereocenters. The summed E-state index contributed by atoms with van der Waals surface area (Å²) in [5.41, 5.74) is 0.940. The zero-order chi connectivity index (χ0) is 16.8. The molecule has 0 aliphatic rings. The Morgan fingerprint density at radius 2 is 2.04 bits per heavy atom. The highest BCUT2D eigenvalue weighted by atomic mass is 16.5. The molecular formula is C16H19N3O4. The molecule has 0 radical (unpaired) electrons. The van der Waals surface area contributed by atoms with Gasteiger partial charge in [-0.05, 0) is 25.0 Å². The minimum absolute atomic E-state index is 0.0147. The predicted molar refractivity (Wildman–Crippen MR) is 82.2 cm³/mol. The van der Waals surface area contributed by atoms with Crippen LogP contribution in [0, 0.1) is 0 Å². The van der Waals surface area contributed by atoms with E-state index in [4.69, 9.17) is 9.63 Å². The van der Waals surface area contributed by atoms with Gasteiger partial charge >= 0.3 is 5.97 Å². The number of nitrogens with one attached hydrogen (secondary N) is 1. The van der Waals surface area contributed by atoms with E-state index in [-0.39, 0.29) is 17.8 Å². The molecule has 2 aromatic heterocycles. The molecule has 0 saturated heterocycles. The van der Waals surface area contributed by atoms with Crippen LogP contribution < -0.4 is 5.32 Å². The van der Waals surface area contributed by atoms with Gasteiger partial charge in [0.1, 0.15) is 5.69 Å². The normalized spacial score (nSPS) is 10.7. The van der Waals surface area contributed by atoms with Crippen LogP contribution in [-0.2, 0) is 6.54 Å². The molecule has 122 valence electrons. The highest BCUT2D eigenvalue weighted by molar-refractivity contribution is 5.95. The van der Waals surface area contributed by atoms with Crippen LogP contribution in [0.4, 0.5) is 0 Å². The van der Waals surface area contributed by atoms with Gasteiger partial charge in [-0.15, -0.1) is 0 Å². The minimum atomic E-state index is -1.11. The van der Waals surface area contributed by atoms with Gasteiger partial charge in [-0.1, -0.05) is 19.0 Å². The van der Waals surface area contributed by atoms with Crippen LogP contribution in [0.25, 0.3) is 0 Å². The number of pyridine rings is 1. The third kappa shape index (κ3) is 4.15. The van der Waals surface area contributed by atoms with Crippen molar-refractivity contribution < 1.29 is 19.2 Å². The van der Waals surface area contributed by atoms with E-state index in [2.05, 4.69) is 29.3 Å². The van der Waals surface area contributed by atoms with Crippen LogP contribution in [0.15, 0.2) is 28.9 Å². The molecule has 0 unspecified atom stereocenters. The minimum Gasteiger partial charge on any atom is -0.478 e. The molecule has 0 aliphatic heterocycles. The standard InChI is InChI=1S/C16H19N3O4/c1-3-10(4-2)13-8-12(23-19-13)9-18-15(20)14-7-11(16(21)22)5-6-17-14/h5-8,10H,3-4,9H2,1-2H3,(H,18,20)(H,21,22). The summed E-state index contributed by atoms with van der Waals surface area (Å²) < 4.78 is 5.22. The summed E-state index contributed by atoms with van der Waals surface area (Å²) in [6.07, 6.45) is 3.24. The number of nitrogens with zero attached hydrogens (tertiary/aromatic N) is 2. The second kappa shape index (κ2) is 7.53. The second-order valence-corrected chi connectivity index (χ2v) is 5.15. The lowest BCUT2D eigenvalue weighted by Gasteiger charge is -2.06. The van der Waals surface area contributed by atoms with E-state index in [9.17, 15) is 9.59 Å². The second-order valence-electron chi connectivity index (χ2n) is 5.15. The van der Waals surface area contributed by atoms with E-state index in [0.29, 0.717) is 11.7 Å². The molecular weight excluding hydrogens is 298 g/mol. The van der Waals surface area contributed by atoms with Crippen molar-refractivity contribution in [3.63, 3.8) is 0 Å². The van der Waals surface area contributed by atoms with Crippen molar-refractivity contribution in [1.29, 1.82) is 0 Å². The molecule has 2 N–H and O–H groups in total. The van der Waals surface area contributed by atoms with Crippen molar-refractivity contribution in [3.05, 3.63) is 47.1 Å². The number of carbonyl (C=O) groups is 2. The molecule has 23 heavy (non-hydrogen) atoms. The topological polar surface area (TPSA) is 105 Å². The third-order valence-electron chi connectivity index (χ3n) is 3.64. The van der Waals surface area contributed by atoms with E-state index >= 15 is 0 Å². The van der Waals surface area contributed by atoms with Gasteiger partial charge < -0.3 is 14.9 Å². The average Bonchev–Trinajstić information content (AvgIpc) is 3.02. The van der Waals surface area contributed by atoms with E-state index in [1.165, 1.54) is 18.3 Å². The first-order valence-electron chi connectivity index (χ1n) is 7.48. The fourth-order valence-electron chi connectivity index (χ4n) is 2.26. The SMILES string of the molecule is CCC(CC)c1cc(CNC(=O)c2cc(C(=O)O)ccn2)on1. The first-order valence-corrected chi connectivity index (χ1v) is 7.48. The van der Waals surface area contributed by atoms with E-state index in [1.807, 2.05) is 6.07 Å². The molecule has 0 aromatic carbocycles.